The normalized spacial score (nSPS) is 43.3. The smallest absolute Gasteiger partial charge is 0.367 e. The number of carbonyl (C=O) groups excluding carboxylic acids is 4. The van der Waals surface area contributed by atoms with Gasteiger partial charge in [0.05, 0.1) is 37.1 Å². The molecule has 0 aromatic carbocycles. The van der Waals surface area contributed by atoms with Gasteiger partial charge in [-0.3, -0.25) is 4.79 Å². The molecular weight excluding hydrogens is 877 g/mol. The first kappa shape index (κ1) is 47.0. The molecule has 346 valence electrons. The number of rotatable bonds is 13. The molecule has 4 saturated heterocycles. The first-order valence-electron chi connectivity index (χ1n) is 19.4. The summed E-state index contributed by atoms with van der Waals surface area (Å²) in [6, 6.07) is 0. The number of aliphatic hydroxyl groups is 8. The van der Waals surface area contributed by atoms with E-state index in [9.17, 15) is 60.0 Å². The molecule has 0 unspecified atom stereocenters. The molecule has 0 amide bonds. The van der Waals surface area contributed by atoms with Crippen LogP contribution in [0.4, 0.5) is 9.59 Å². The quantitative estimate of drug-likeness (QED) is 0.0518. The summed E-state index contributed by atoms with van der Waals surface area (Å²) in [5, 5.41) is 83.5. The molecule has 0 aromatic rings. The number of hydrogen-bond donors (Lipinski definition) is 8. The van der Waals surface area contributed by atoms with Crippen LogP contribution in [0.1, 0.15) is 0 Å². The van der Waals surface area contributed by atoms with E-state index in [0.29, 0.717) is 5.57 Å². The van der Waals surface area contributed by atoms with Crippen LogP contribution < -0.4 is 0 Å². The third-order valence-corrected chi connectivity index (χ3v) is 12.8. The molecule has 0 bridgehead atoms. The number of methoxy groups -OCH3 is 1. The summed E-state index contributed by atoms with van der Waals surface area (Å²) in [5.74, 6) is -6.81. The predicted molar refractivity (Wildman–Crippen MR) is 201 cm³/mol. The number of carbonyl (C=O) groups is 4. The Morgan fingerprint density at radius 3 is 1.89 bits per heavy atom. The van der Waals surface area contributed by atoms with Crippen LogP contribution in [0.2, 0.25) is 0 Å². The van der Waals surface area contributed by atoms with Crippen molar-refractivity contribution in [3.8, 4) is 0 Å². The summed E-state index contributed by atoms with van der Waals surface area (Å²) in [7, 11) is 1.28. The van der Waals surface area contributed by atoms with Gasteiger partial charge in [-0.25, -0.2) is 14.4 Å². The summed E-state index contributed by atoms with van der Waals surface area (Å²) in [6.07, 6.45) is -17.3. The molecule has 0 spiro atoms. The Morgan fingerprint density at radius 2 is 1.27 bits per heavy atom. The van der Waals surface area contributed by atoms with Gasteiger partial charge in [0.2, 0.25) is 12.6 Å². The van der Waals surface area contributed by atoms with Gasteiger partial charge in [-0.05, 0) is 53.3 Å². The molecule has 20 atom stereocenters. The zero-order valence-electron chi connectivity index (χ0n) is 33.1. The van der Waals surface area contributed by atoms with Crippen LogP contribution in [0.15, 0.2) is 35.1 Å². The lowest BCUT2D eigenvalue weighted by molar-refractivity contribution is -0.376. The predicted octanol–water partition coefficient (Wildman–Crippen LogP) is -3.01. The van der Waals surface area contributed by atoms with Crippen LogP contribution in [0.5, 0.6) is 0 Å². The monoisotopic (exact) mass is 924 g/mol. The van der Waals surface area contributed by atoms with Crippen molar-refractivity contribution in [2.75, 3.05) is 46.0 Å². The van der Waals surface area contributed by atoms with E-state index in [2.05, 4.69) is 0 Å². The molecule has 4 fully saturated rings. The number of hydrogen-bond acceptors (Lipinski definition) is 25. The number of thioether (sulfide) groups is 2. The van der Waals surface area contributed by atoms with Gasteiger partial charge in [0.1, 0.15) is 68.0 Å². The van der Waals surface area contributed by atoms with Crippen molar-refractivity contribution >= 4 is 46.1 Å². The highest BCUT2D eigenvalue weighted by Gasteiger charge is 2.63. The summed E-state index contributed by atoms with van der Waals surface area (Å²) in [4.78, 5) is 51.4. The molecule has 7 aliphatic rings. The Hall–Kier alpha value is -2.96. The Labute approximate surface area is 360 Å². The molecule has 25 heteroatoms. The van der Waals surface area contributed by atoms with Gasteiger partial charge in [0.25, 0.3) is 0 Å². The maximum atomic E-state index is 14.3. The lowest BCUT2D eigenvalue weighted by atomic mass is 9.78. The highest BCUT2D eigenvalue weighted by Crippen LogP contribution is 2.52. The van der Waals surface area contributed by atoms with Crippen molar-refractivity contribution in [2.24, 2.45) is 29.6 Å². The molecule has 62 heavy (non-hydrogen) atoms. The maximum absolute atomic E-state index is 14.3. The van der Waals surface area contributed by atoms with Gasteiger partial charge in [-0.2, -0.15) is 0 Å². The number of fused-ring (bicyclic) bond motifs is 1. The van der Waals surface area contributed by atoms with Crippen molar-refractivity contribution in [3.63, 3.8) is 0 Å². The van der Waals surface area contributed by atoms with E-state index >= 15 is 0 Å². The minimum Gasteiger partial charge on any atom is -0.471 e. The molecule has 7 rings (SSSR count). The van der Waals surface area contributed by atoms with Gasteiger partial charge in [0, 0.05) is 24.9 Å². The number of ether oxygens (including phenoxy) is 11. The van der Waals surface area contributed by atoms with Crippen LogP contribution in [0, 0.1) is 29.6 Å². The van der Waals surface area contributed by atoms with E-state index in [0.717, 1.165) is 29.8 Å². The van der Waals surface area contributed by atoms with Crippen LogP contribution >= 0.6 is 23.5 Å². The Balaban J connectivity index is 1.15. The molecule has 23 nitrogen and oxygen atoms in total. The third kappa shape index (κ3) is 8.88. The molecule has 5 heterocycles. The van der Waals surface area contributed by atoms with E-state index < -0.39 is 164 Å². The second-order valence-corrected chi connectivity index (χ2v) is 16.8. The molecular formula is C37H48O23S2. The van der Waals surface area contributed by atoms with E-state index in [4.69, 9.17) is 52.1 Å². The minimum absolute atomic E-state index is 0.179. The van der Waals surface area contributed by atoms with Crippen molar-refractivity contribution < 1.29 is 112 Å². The van der Waals surface area contributed by atoms with E-state index in [1.807, 2.05) is 0 Å². The van der Waals surface area contributed by atoms with Crippen molar-refractivity contribution in [1.29, 1.82) is 0 Å². The standard InChI is InChI=1S/C37H48O23S2/c1-50-31-22-21-15(54-30(22)47)5-12(9-53-37(49)62-3)19(21)33(58-31)60-35-28(26(44)24(42)17(7-39)56-35)57-29(46)13-10-51-32(59-34-27(45)25(43)23(41)16(6-38)55-34)18-11(4-14(40)20(13)18)8-52-36(48)61-2/h4-5,10,14-28,31-35,38-45H,6-9H2,1-3H3/t14-,15+,16-,17-,18-,19-,20+,21+,22-,23-,24-,25-,26-,27-,28-,31+,32+,33-,34+,35+/m1/s1. The minimum atomic E-state index is -1.99. The fourth-order valence-electron chi connectivity index (χ4n) is 8.89. The average Bonchev–Trinajstić information content (AvgIpc) is 3.92. The maximum Gasteiger partial charge on any atom is 0.367 e. The van der Waals surface area contributed by atoms with Crippen LogP contribution in [-0.4, -0.2) is 202 Å². The van der Waals surface area contributed by atoms with Crippen LogP contribution in [0.3, 0.4) is 0 Å². The van der Waals surface area contributed by atoms with Crippen LogP contribution in [0.25, 0.3) is 0 Å². The van der Waals surface area contributed by atoms with Gasteiger partial charge in [-0.1, -0.05) is 6.08 Å². The second-order valence-electron chi connectivity index (χ2n) is 15.3. The number of esters is 2. The number of aliphatic hydroxyl groups excluding tert-OH is 8. The van der Waals surface area contributed by atoms with Gasteiger partial charge >= 0.3 is 22.5 Å². The van der Waals surface area contributed by atoms with Crippen molar-refractivity contribution in [3.05, 3.63) is 35.1 Å². The molecule has 2 aliphatic carbocycles. The van der Waals surface area contributed by atoms with E-state index in [1.165, 1.54) is 25.7 Å². The zero-order chi connectivity index (χ0) is 44.7. The van der Waals surface area contributed by atoms with Gasteiger partial charge in [-0.15, -0.1) is 0 Å². The molecule has 0 radical (unpaired) electrons. The summed E-state index contributed by atoms with van der Waals surface area (Å²) < 4.78 is 62.9. The van der Waals surface area contributed by atoms with Gasteiger partial charge in [0.15, 0.2) is 25.0 Å². The van der Waals surface area contributed by atoms with Gasteiger partial charge < -0.3 is 93.0 Å². The average molecular weight is 925 g/mol. The molecule has 5 aliphatic heterocycles. The fraction of sp³-hybridized carbons (Fsp3) is 0.730. The first-order chi connectivity index (χ1) is 29.6. The SMILES string of the molecule is CO[C@H]1O[C@H](O[C@@H]2O[C@H](CO)[C@@H](O)[C@@H](O)[C@H]2OC(=O)C2=CO[C@@H](O[C@@H]3O[C@H](CO)[C@@H](O)[C@@H](O)[C@H]3O)[C@@H]3C(COC(=O)SC)=C[C@@H](O)[C@H]23)[C@@H]2C(COC(=O)SC)=C[C@@H]3OC(=O)[C@H]1[C@H]23. The van der Waals surface area contributed by atoms with Crippen molar-refractivity contribution in [2.45, 2.75) is 92.5 Å². The largest absolute Gasteiger partial charge is 0.471 e. The lowest BCUT2D eigenvalue weighted by Gasteiger charge is -2.46. The first-order valence-corrected chi connectivity index (χ1v) is 21.8. The van der Waals surface area contributed by atoms with E-state index in [-0.39, 0.29) is 17.8 Å². The summed E-state index contributed by atoms with van der Waals surface area (Å²) in [6.45, 7) is -2.29. The molecule has 0 aromatic heterocycles. The topological polar surface area (TPSA) is 332 Å². The van der Waals surface area contributed by atoms with E-state index in [1.54, 1.807) is 6.08 Å². The fourth-order valence-corrected chi connectivity index (χ4v) is 9.24. The highest BCUT2D eigenvalue weighted by molar-refractivity contribution is 8.12. The lowest BCUT2D eigenvalue weighted by Crippen LogP contribution is -2.62. The zero-order valence-corrected chi connectivity index (χ0v) is 34.8. The second kappa shape index (κ2) is 19.6. The Morgan fingerprint density at radius 1 is 0.677 bits per heavy atom. The van der Waals surface area contributed by atoms with Crippen molar-refractivity contribution in [1.82, 2.24) is 0 Å². The summed E-state index contributed by atoms with van der Waals surface area (Å²) >= 11 is 1.58. The molecule has 8 N–H and O–H groups in total. The summed E-state index contributed by atoms with van der Waals surface area (Å²) in [5.41, 5.74) is 0.250. The third-order valence-electron chi connectivity index (χ3n) is 11.9. The Bertz CT molecular complexity index is 1780. The highest BCUT2D eigenvalue weighted by atomic mass is 32.2. The Kier molecular flexibility index (Phi) is 14.9. The molecule has 0 saturated carbocycles. The van der Waals surface area contributed by atoms with Crippen LogP contribution in [-0.2, 0) is 61.7 Å².